The molecule has 0 radical (unpaired) electrons. The molecule has 0 aromatic rings. The minimum atomic E-state index is -0.312. The molecule has 1 aliphatic rings. The Morgan fingerprint density at radius 2 is 2.31 bits per heavy atom. The number of hydrogen-bond acceptors (Lipinski definition) is 2. The van der Waals surface area contributed by atoms with Gasteiger partial charge in [-0.1, -0.05) is 13.3 Å². The molecule has 2 nitrogen and oxygen atoms in total. The van der Waals surface area contributed by atoms with Gasteiger partial charge < -0.3 is 4.74 Å². The molecule has 0 aromatic carbocycles. The van der Waals surface area contributed by atoms with Crippen LogP contribution in [0.1, 0.15) is 45.4 Å². The third-order valence-electron chi connectivity index (χ3n) is 2.82. The van der Waals surface area contributed by atoms with E-state index in [4.69, 9.17) is 4.74 Å². The second-order valence-electron chi connectivity index (χ2n) is 4.06. The highest BCUT2D eigenvalue weighted by molar-refractivity contribution is 6.27. The highest BCUT2D eigenvalue weighted by Gasteiger charge is 2.34. The molecule has 3 heteroatoms. The van der Waals surface area contributed by atoms with Crippen LogP contribution in [0, 0.1) is 0 Å². The molecule has 0 amide bonds. The lowest BCUT2D eigenvalue weighted by Gasteiger charge is -2.32. The Hall–Kier alpha value is -0.153. The largest absolute Gasteiger partial charge is 0.372 e. The van der Waals surface area contributed by atoms with Crippen molar-refractivity contribution < 1.29 is 9.53 Å². The van der Waals surface area contributed by atoms with Gasteiger partial charge in [-0.25, -0.2) is 0 Å². The van der Waals surface area contributed by atoms with Crippen LogP contribution >= 0.6 is 0 Å². The van der Waals surface area contributed by atoms with E-state index in [0.29, 0.717) is 5.78 Å². The molecule has 1 atom stereocenters. The molecule has 1 heterocycles. The van der Waals surface area contributed by atoms with Gasteiger partial charge in [0.1, 0.15) is 5.22 Å². The average molecular weight is 200 g/mol. The molecule has 1 fully saturated rings. The summed E-state index contributed by atoms with van der Waals surface area (Å²) in [5.41, 5.74) is 0. The Labute approximate surface area is 83.5 Å². The SMILES string of the molecule is CCCCC(=O)C1([SiH3])CCCCO1. The number of carbonyl (C=O) groups excluding carboxylic acids is 1. The van der Waals surface area contributed by atoms with Crippen molar-refractivity contribution in [2.45, 2.75) is 50.7 Å². The predicted molar refractivity (Wildman–Crippen MR) is 57.0 cm³/mol. The second-order valence-corrected chi connectivity index (χ2v) is 5.68. The van der Waals surface area contributed by atoms with Gasteiger partial charge in [0.15, 0.2) is 5.78 Å². The molecule has 0 aliphatic carbocycles. The number of Topliss-reactive ketones (excluding diaryl/α,β-unsaturated/α-hetero) is 1. The van der Waals surface area contributed by atoms with E-state index in [-0.39, 0.29) is 5.22 Å². The van der Waals surface area contributed by atoms with Crippen molar-refractivity contribution in [3.05, 3.63) is 0 Å². The standard InChI is InChI=1S/C10H20O2Si/c1-2-3-6-9(11)10(13)7-4-5-8-12-10/h2-8H2,1,13H3. The zero-order chi connectivity index (χ0) is 9.73. The van der Waals surface area contributed by atoms with Gasteiger partial charge in [0.05, 0.1) is 10.2 Å². The zero-order valence-corrected chi connectivity index (χ0v) is 10.8. The molecule has 0 aromatic heterocycles. The first-order chi connectivity index (χ1) is 6.19. The second kappa shape index (κ2) is 4.91. The Morgan fingerprint density at radius 3 is 2.85 bits per heavy atom. The minimum absolute atomic E-state index is 0.312. The maximum atomic E-state index is 11.8. The van der Waals surface area contributed by atoms with Gasteiger partial charge in [-0.2, -0.15) is 0 Å². The molecule has 1 rings (SSSR count). The van der Waals surface area contributed by atoms with Crippen LogP contribution in [0.5, 0.6) is 0 Å². The molecule has 76 valence electrons. The van der Waals surface area contributed by atoms with E-state index in [1.165, 1.54) is 6.42 Å². The number of carbonyl (C=O) groups is 1. The Morgan fingerprint density at radius 1 is 1.54 bits per heavy atom. The van der Waals surface area contributed by atoms with Crippen molar-refractivity contribution in [1.82, 2.24) is 0 Å². The van der Waals surface area contributed by atoms with Crippen LogP contribution in [-0.4, -0.2) is 27.9 Å². The summed E-state index contributed by atoms with van der Waals surface area (Å²) in [7, 11) is 0.859. The highest BCUT2D eigenvalue weighted by Crippen LogP contribution is 2.24. The molecule has 13 heavy (non-hydrogen) atoms. The van der Waals surface area contributed by atoms with Crippen molar-refractivity contribution in [1.29, 1.82) is 0 Å². The summed E-state index contributed by atoms with van der Waals surface area (Å²) in [6.07, 6.45) is 6.11. The molecule has 0 spiro atoms. The molecule has 1 unspecified atom stereocenters. The molecule has 1 saturated heterocycles. The number of ether oxygens (including phenoxy) is 1. The monoisotopic (exact) mass is 200 g/mol. The van der Waals surface area contributed by atoms with Gasteiger partial charge in [-0.15, -0.1) is 0 Å². The zero-order valence-electron chi connectivity index (χ0n) is 8.77. The van der Waals surface area contributed by atoms with Crippen LogP contribution in [0.3, 0.4) is 0 Å². The molecule has 0 bridgehead atoms. The summed E-state index contributed by atoms with van der Waals surface area (Å²) in [5.74, 6) is 0.362. The first-order valence-electron chi connectivity index (χ1n) is 5.36. The summed E-state index contributed by atoms with van der Waals surface area (Å²) in [5, 5.41) is -0.312. The van der Waals surface area contributed by atoms with E-state index < -0.39 is 0 Å². The summed E-state index contributed by atoms with van der Waals surface area (Å²) < 4.78 is 5.64. The van der Waals surface area contributed by atoms with E-state index in [0.717, 1.165) is 49.0 Å². The Balaban J connectivity index is 2.42. The average Bonchev–Trinajstić information content (AvgIpc) is 2.15. The number of unbranched alkanes of at least 4 members (excludes halogenated alkanes) is 1. The number of hydrogen-bond donors (Lipinski definition) is 0. The molecular weight excluding hydrogens is 180 g/mol. The summed E-state index contributed by atoms with van der Waals surface area (Å²) in [6.45, 7) is 2.91. The minimum Gasteiger partial charge on any atom is -0.372 e. The highest BCUT2D eigenvalue weighted by atomic mass is 28.1. The maximum Gasteiger partial charge on any atom is 0.160 e. The van der Waals surface area contributed by atoms with E-state index >= 15 is 0 Å². The maximum absolute atomic E-state index is 11.8. The summed E-state index contributed by atoms with van der Waals surface area (Å²) in [6, 6.07) is 0. The third-order valence-corrected chi connectivity index (χ3v) is 4.16. The first-order valence-corrected chi connectivity index (χ1v) is 6.36. The van der Waals surface area contributed by atoms with E-state index in [2.05, 4.69) is 6.92 Å². The van der Waals surface area contributed by atoms with Gasteiger partial charge >= 0.3 is 0 Å². The van der Waals surface area contributed by atoms with Gasteiger partial charge in [0.25, 0.3) is 0 Å². The van der Waals surface area contributed by atoms with E-state index in [1.54, 1.807) is 0 Å². The van der Waals surface area contributed by atoms with E-state index in [9.17, 15) is 4.79 Å². The van der Waals surface area contributed by atoms with Crippen molar-refractivity contribution in [2.75, 3.05) is 6.61 Å². The van der Waals surface area contributed by atoms with Crippen LogP contribution in [0.25, 0.3) is 0 Å². The first kappa shape index (κ1) is 10.9. The topological polar surface area (TPSA) is 26.3 Å². The molecular formula is C10H20O2Si. The lowest BCUT2D eigenvalue weighted by molar-refractivity contribution is -0.138. The summed E-state index contributed by atoms with van der Waals surface area (Å²) >= 11 is 0. The third kappa shape index (κ3) is 2.92. The number of rotatable bonds is 4. The van der Waals surface area contributed by atoms with Crippen LogP contribution < -0.4 is 0 Å². The van der Waals surface area contributed by atoms with E-state index in [1.807, 2.05) is 0 Å². The molecule has 0 saturated carbocycles. The van der Waals surface area contributed by atoms with Crippen LogP contribution in [0.2, 0.25) is 0 Å². The van der Waals surface area contributed by atoms with Crippen molar-refractivity contribution >= 4 is 16.0 Å². The van der Waals surface area contributed by atoms with Crippen molar-refractivity contribution in [2.24, 2.45) is 0 Å². The number of ketones is 1. The Bertz CT molecular complexity index is 174. The van der Waals surface area contributed by atoms with Gasteiger partial charge in [0, 0.05) is 13.0 Å². The lowest BCUT2D eigenvalue weighted by atomic mass is 10.0. The van der Waals surface area contributed by atoms with Gasteiger partial charge in [-0.3, -0.25) is 4.79 Å². The fourth-order valence-electron chi connectivity index (χ4n) is 1.76. The fourth-order valence-corrected chi connectivity index (χ4v) is 2.56. The van der Waals surface area contributed by atoms with Crippen molar-refractivity contribution in [3.8, 4) is 0 Å². The quantitative estimate of drug-likeness (QED) is 0.633. The predicted octanol–water partition coefficient (Wildman–Crippen LogP) is 1.01. The fraction of sp³-hybridized carbons (Fsp3) is 0.900. The van der Waals surface area contributed by atoms with Crippen molar-refractivity contribution in [3.63, 3.8) is 0 Å². The lowest BCUT2D eigenvalue weighted by Crippen LogP contribution is -2.44. The van der Waals surface area contributed by atoms with Gasteiger partial charge in [0.2, 0.25) is 0 Å². The Kier molecular flexibility index (Phi) is 4.13. The van der Waals surface area contributed by atoms with Crippen LogP contribution in [-0.2, 0) is 9.53 Å². The normalized spacial score (nSPS) is 29.0. The molecule has 1 aliphatic heterocycles. The molecule has 0 N–H and O–H groups in total. The van der Waals surface area contributed by atoms with Gasteiger partial charge in [-0.05, 0) is 25.7 Å². The summed E-state index contributed by atoms with van der Waals surface area (Å²) in [4.78, 5) is 11.8. The van der Waals surface area contributed by atoms with Crippen LogP contribution in [0.4, 0.5) is 0 Å². The van der Waals surface area contributed by atoms with Crippen LogP contribution in [0.15, 0.2) is 0 Å². The smallest absolute Gasteiger partial charge is 0.160 e.